The van der Waals surface area contributed by atoms with Crippen LogP contribution in [0.15, 0.2) is 18.3 Å². The monoisotopic (exact) mass is 380 g/mol. The Balaban J connectivity index is 1.53. The summed E-state index contributed by atoms with van der Waals surface area (Å²) in [7, 11) is 0. The standard InChI is InChI=1S/C22H25FN4O/c1-15-10-18(23)12-19-21(15)25-14-17(13-24)22(19)27-8-4-16(5-9-27)11-20(28)26-6-2-3-7-26/h10,12,14,16H,2-9,11H2,1H3. The van der Waals surface area contributed by atoms with E-state index >= 15 is 0 Å². The lowest BCUT2D eigenvalue weighted by molar-refractivity contribution is -0.131. The van der Waals surface area contributed by atoms with Gasteiger partial charge < -0.3 is 9.80 Å². The second-order valence-electron chi connectivity index (χ2n) is 7.97. The molecule has 0 aliphatic carbocycles. The van der Waals surface area contributed by atoms with Gasteiger partial charge in [0.2, 0.25) is 5.91 Å². The minimum Gasteiger partial charge on any atom is -0.370 e. The predicted octanol–water partition coefficient (Wildman–Crippen LogP) is 3.78. The van der Waals surface area contributed by atoms with Gasteiger partial charge in [-0.3, -0.25) is 9.78 Å². The SMILES string of the molecule is Cc1cc(F)cc2c(N3CCC(CC(=O)N4CCCC4)CC3)c(C#N)cnc12. The van der Waals surface area contributed by atoms with Crippen molar-refractivity contribution in [3.63, 3.8) is 0 Å². The summed E-state index contributed by atoms with van der Waals surface area (Å²) in [5.41, 5.74) is 2.76. The molecular formula is C22H25FN4O. The van der Waals surface area contributed by atoms with Crippen molar-refractivity contribution >= 4 is 22.5 Å². The van der Waals surface area contributed by atoms with Crippen LogP contribution in [0.25, 0.3) is 10.9 Å². The molecule has 3 heterocycles. The van der Waals surface area contributed by atoms with Gasteiger partial charge in [-0.05, 0) is 56.2 Å². The minimum absolute atomic E-state index is 0.278. The molecule has 2 fully saturated rings. The predicted molar refractivity (Wildman–Crippen MR) is 107 cm³/mol. The van der Waals surface area contributed by atoms with Crippen molar-refractivity contribution in [3.05, 3.63) is 35.3 Å². The first-order valence-corrected chi connectivity index (χ1v) is 10.1. The van der Waals surface area contributed by atoms with E-state index in [0.717, 1.165) is 68.6 Å². The largest absolute Gasteiger partial charge is 0.370 e. The van der Waals surface area contributed by atoms with Crippen molar-refractivity contribution in [2.24, 2.45) is 5.92 Å². The summed E-state index contributed by atoms with van der Waals surface area (Å²) < 4.78 is 14.1. The van der Waals surface area contributed by atoms with Crippen LogP contribution in [0.3, 0.4) is 0 Å². The number of carbonyl (C=O) groups excluding carboxylic acids is 1. The quantitative estimate of drug-likeness (QED) is 0.813. The van der Waals surface area contributed by atoms with E-state index < -0.39 is 0 Å². The van der Waals surface area contributed by atoms with Gasteiger partial charge in [-0.25, -0.2) is 4.39 Å². The molecule has 2 aromatic rings. The molecule has 6 heteroatoms. The normalized spacial score (nSPS) is 17.9. The highest BCUT2D eigenvalue weighted by molar-refractivity contribution is 5.96. The highest BCUT2D eigenvalue weighted by Gasteiger charge is 2.27. The number of anilines is 1. The lowest BCUT2D eigenvalue weighted by atomic mass is 9.92. The van der Waals surface area contributed by atoms with Crippen LogP contribution < -0.4 is 4.90 Å². The number of nitriles is 1. The fourth-order valence-electron chi connectivity index (χ4n) is 4.55. The van der Waals surface area contributed by atoms with E-state index in [1.165, 1.54) is 12.1 Å². The van der Waals surface area contributed by atoms with E-state index in [-0.39, 0.29) is 11.7 Å². The fraction of sp³-hybridized carbons (Fsp3) is 0.500. The number of amides is 1. The van der Waals surface area contributed by atoms with Crippen molar-refractivity contribution in [1.82, 2.24) is 9.88 Å². The van der Waals surface area contributed by atoms with Gasteiger partial charge in [-0.1, -0.05) is 0 Å². The molecule has 0 radical (unpaired) electrons. The molecule has 2 saturated heterocycles. The Labute approximate surface area is 164 Å². The van der Waals surface area contributed by atoms with Crippen molar-refractivity contribution in [2.45, 2.75) is 39.0 Å². The Kier molecular flexibility index (Phi) is 5.17. The number of carbonyl (C=O) groups is 1. The first-order chi connectivity index (χ1) is 13.6. The summed E-state index contributed by atoms with van der Waals surface area (Å²) in [5.74, 6) is 0.344. The third-order valence-corrected chi connectivity index (χ3v) is 6.07. The van der Waals surface area contributed by atoms with Crippen LogP contribution >= 0.6 is 0 Å². The minimum atomic E-state index is -0.311. The molecule has 0 bridgehead atoms. The first kappa shape index (κ1) is 18.7. The van der Waals surface area contributed by atoms with Crippen LogP contribution in [0.4, 0.5) is 10.1 Å². The number of rotatable bonds is 3. The maximum atomic E-state index is 14.1. The number of piperidine rings is 1. The van der Waals surface area contributed by atoms with Crippen LogP contribution in [-0.4, -0.2) is 42.0 Å². The molecular weight excluding hydrogens is 355 g/mol. The number of benzene rings is 1. The summed E-state index contributed by atoms with van der Waals surface area (Å²) in [4.78, 5) is 21.0. The average molecular weight is 380 g/mol. The highest BCUT2D eigenvalue weighted by Crippen LogP contribution is 2.34. The van der Waals surface area contributed by atoms with Crippen LogP contribution in [0.2, 0.25) is 0 Å². The summed E-state index contributed by atoms with van der Waals surface area (Å²) in [6, 6.07) is 5.17. The Morgan fingerprint density at radius 3 is 2.64 bits per heavy atom. The van der Waals surface area contributed by atoms with Crippen LogP contribution in [0, 0.1) is 30.0 Å². The highest BCUT2D eigenvalue weighted by atomic mass is 19.1. The summed E-state index contributed by atoms with van der Waals surface area (Å²) in [6.07, 6.45) is 6.25. The van der Waals surface area contributed by atoms with Gasteiger partial charge >= 0.3 is 0 Å². The summed E-state index contributed by atoms with van der Waals surface area (Å²) in [5, 5.41) is 10.3. The molecule has 28 heavy (non-hydrogen) atoms. The van der Waals surface area contributed by atoms with Crippen molar-refractivity contribution in [2.75, 3.05) is 31.1 Å². The molecule has 2 aliphatic heterocycles. The number of halogens is 1. The van der Waals surface area contributed by atoms with Gasteiger partial charge in [0.1, 0.15) is 11.9 Å². The van der Waals surface area contributed by atoms with Gasteiger partial charge in [0, 0.05) is 44.2 Å². The zero-order valence-corrected chi connectivity index (χ0v) is 16.2. The molecule has 0 spiro atoms. The van der Waals surface area contributed by atoms with Gasteiger partial charge in [-0.2, -0.15) is 5.26 Å². The smallest absolute Gasteiger partial charge is 0.222 e. The number of likely N-dealkylation sites (tertiary alicyclic amines) is 1. The van der Waals surface area contributed by atoms with Crippen LogP contribution in [0.1, 0.15) is 43.2 Å². The van der Waals surface area contributed by atoms with Gasteiger partial charge in [0.25, 0.3) is 0 Å². The molecule has 4 rings (SSSR count). The molecule has 0 saturated carbocycles. The molecule has 5 nitrogen and oxygen atoms in total. The molecule has 0 unspecified atom stereocenters. The van der Waals surface area contributed by atoms with Crippen LogP contribution in [-0.2, 0) is 4.79 Å². The maximum absolute atomic E-state index is 14.1. The number of aryl methyl sites for hydroxylation is 1. The van der Waals surface area contributed by atoms with E-state index in [4.69, 9.17) is 0 Å². The first-order valence-electron chi connectivity index (χ1n) is 10.1. The Morgan fingerprint density at radius 2 is 1.96 bits per heavy atom. The second kappa shape index (κ2) is 7.75. The van der Waals surface area contributed by atoms with E-state index in [2.05, 4.69) is 16.0 Å². The number of hydrogen-bond acceptors (Lipinski definition) is 4. The topological polar surface area (TPSA) is 60.2 Å². The fourth-order valence-corrected chi connectivity index (χ4v) is 4.55. The van der Waals surface area contributed by atoms with E-state index in [1.54, 1.807) is 6.20 Å². The van der Waals surface area contributed by atoms with Gasteiger partial charge in [-0.15, -0.1) is 0 Å². The van der Waals surface area contributed by atoms with Crippen LogP contribution in [0.5, 0.6) is 0 Å². The lowest BCUT2D eigenvalue weighted by Crippen LogP contribution is -2.37. The van der Waals surface area contributed by atoms with Gasteiger partial charge in [0.15, 0.2) is 0 Å². The number of aromatic nitrogens is 1. The number of hydrogen-bond donors (Lipinski definition) is 0. The molecule has 1 aromatic heterocycles. The Bertz CT molecular complexity index is 938. The molecule has 2 aliphatic rings. The average Bonchev–Trinajstić information content (AvgIpc) is 3.23. The molecule has 0 atom stereocenters. The Hall–Kier alpha value is -2.68. The maximum Gasteiger partial charge on any atom is 0.222 e. The molecule has 1 amide bonds. The van der Waals surface area contributed by atoms with Crippen molar-refractivity contribution in [1.29, 1.82) is 5.26 Å². The molecule has 0 N–H and O–H groups in total. The van der Waals surface area contributed by atoms with Crippen molar-refractivity contribution in [3.8, 4) is 6.07 Å². The number of nitrogens with zero attached hydrogens (tertiary/aromatic N) is 4. The second-order valence-corrected chi connectivity index (χ2v) is 7.97. The summed E-state index contributed by atoms with van der Waals surface area (Å²) in [6.45, 7) is 5.17. The third kappa shape index (κ3) is 3.54. The number of fused-ring (bicyclic) bond motifs is 1. The third-order valence-electron chi connectivity index (χ3n) is 6.07. The zero-order chi connectivity index (χ0) is 19.7. The van der Waals surface area contributed by atoms with E-state index in [9.17, 15) is 14.4 Å². The molecule has 146 valence electrons. The lowest BCUT2D eigenvalue weighted by Gasteiger charge is -2.35. The Morgan fingerprint density at radius 1 is 1.25 bits per heavy atom. The summed E-state index contributed by atoms with van der Waals surface area (Å²) >= 11 is 0. The zero-order valence-electron chi connectivity index (χ0n) is 16.2. The van der Waals surface area contributed by atoms with Crippen molar-refractivity contribution < 1.29 is 9.18 Å². The van der Waals surface area contributed by atoms with E-state index in [0.29, 0.717) is 23.3 Å². The number of pyridine rings is 1. The van der Waals surface area contributed by atoms with E-state index in [1.807, 2.05) is 11.8 Å². The molecule has 1 aromatic carbocycles. The van der Waals surface area contributed by atoms with Gasteiger partial charge in [0.05, 0.1) is 16.8 Å².